The first-order valence-electron chi connectivity index (χ1n) is 9.31. The number of aliphatic hydroxyl groups excluding tert-OH is 1. The molecule has 2 aliphatic rings. The molecule has 0 aliphatic carbocycles. The molecule has 3 heterocycles. The molecule has 8 nitrogen and oxygen atoms in total. The number of hydrogen-bond donors (Lipinski definition) is 2. The highest BCUT2D eigenvalue weighted by Crippen LogP contribution is 2.42. The molecule has 2 amide bonds. The number of carbonyl (C=O) groups excluding carboxylic acids is 2. The zero-order chi connectivity index (χ0) is 19.4. The van der Waals surface area contributed by atoms with Crippen LogP contribution in [0.25, 0.3) is 0 Å². The van der Waals surface area contributed by atoms with Crippen LogP contribution in [0, 0.1) is 0 Å². The average Bonchev–Trinajstić information content (AvgIpc) is 3.16. The Morgan fingerprint density at radius 3 is 2.81 bits per heavy atom. The van der Waals surface area contributed by atoms with E-state index in [-0.39, 0.29) is 18.4 Å². The van der Waals surface area contributed by atoms with Gasteiger partial charge in [-0.25, -0.2) is 4.98 Å². The molecular formula is C18H28N4O4S. The molecule has 9 heteroatoms. The number of nitrogens with one attached hydrogen (secondary N) is 1. The Bertz CT molecular complexity index is 672. The predicted molar refractivity (Wildman–Crippen MR) is 102 cm³/mol. The van der Waals surface area contributed by atoms with Crippen LogP contribution in [0.3, 0.4) is 0 Å². The van der Waals surface area contributed by atoms with Crippen molar-refractivity contribution in [2.45, 2.75) is 37.3 Å². The number of carbonyl (C=O) groups is 2. The largest absolute Gasteiger partial charge is 0.383 e. The summed E-state index contributed by atoms with van der Waals surface area (Å²) >= 11 is 1.61. The molecule has 1 fully saturated rings. The molecule has 1 saturated heterocycles. The fraction of sp³-hybridized carbons (Fsp3) is 0.722. The van der Waals surface area contributed by atoms with E-state index in [0.29, 0.717) is 38.9 Å². The van der Waals surface area contributed by atoms with Gasteiger partial charge in [0.1, 0.15) is 12.7 Å². The Morgan fingerprint density at radius 1 is 1.41 bits per heavy atom. The average molecular weight is 397 g/mol. The van der Waals surface area contributed by atoms with Gasteiger partial charge in [0.05, 0.1) is 17.6 Å². The van der Waals surface area contributed by atoms with Crippen molar-refractivity contribution in [2.75, 3.05) is 45.4 Å². The summed E-state index contributed by atoms with van der Waals surface area (Å²) in [5.41, 5.74) is 1.47. The Morgan fingerprint density at radius 2 is 2.15 bits per heavy atom. The second kappa shape index (κ2) is 8.62. The maximum atomic E-state index is 12.7. The number of aromatic nitrogens is 2. The summed E-state index contributed by atoms with van der Waals surface area (Å²) in [5.74, 6) is 0.485. The summed E-state index contributed by atoms with van der Waals surface area (Å²) in [6.07, 6.45) is 5.11. The first kappa shape index (κ1) is 20.2. The van der Waals surface area contributed by atoms with Crippen LogP contribution in [-0.2, 0) is 26.3 Å². The van der Waals surface area contributed by atoms with Crippen molar-refractivity contribution in [1.29, 1.82) is 0 Å². The summed E-state index contributed by atoms with van der Waals surface area (Å²) in [4.78, 5) is 36.5. The van der Waals surface area contributed by atoms with Gasteiger partial charge in [0.25, 0.3) is 5.91 Å². The highest BCUT2D eigenvalue weighted by atomic mass is 32.2. The lowest BCUT2D eigenvalue weighted by Crippen LogP contribution is -2.60. The van der Waals surface area contributed by atoms with Crippen LogP contribution >= 0.6 is 11.8 Å². The third-order valence-electron chi connectivity index (χ3n) is 5.61. The molecule has 2 N–H and O–H groups in total. The number of piperidine rings is 1. The van der Waals surface area contributed by atoms with Crippen molar-refractivity contribution in [3.05, 3.63) is 17.7 Å². The highest BCUT2D eigenvalue weighted by molar-refractivity contribution is 7.98. The van der Waals surface area contributed by atoms with Gasteiger partial charge in [-0.1, -0.05) is 0 Å². The first-order valence-corrected chi connectivity index (χ1v) is 10.7. The molecule has 2 aliphatic heterocycles. The van der Waals surface area contributed by atoms with Gasteiger partial charge in [0.15, 0.2) is 0 Å². The number of imidazole rings is 1. The minimum absolute atomic E-state index is 0.0392. The molecule has 0 saturated carbocycles. The topological polar surface area (TPSA) is 98.8 Å². The maximum absolute atomic E-state index is 12.7. The molecule has 27 heavy (non-hydrogen) atoms. The molecule has 1 aromatic rings. The number of likely N-dealkylation sites (tertiary alicyclic amines) is 1. The van der Waals surface area contributed by atoms with Gasteiger partial charge < -0.3 is 24.6 Å². The zero-order valence-electron chi connectivity index (χ0n) is 15.9. The Labute approximate surface area is 163 Å². The summed E-state index contributed by atoms with van der Waals surface area (Å²) in [6, 6.07) is 0. The number of H-pyrrole nitrogens is 1. The number of rotatable bonds is 6. The van der Waals surface area contributed by atoms with Crippen LogP contribution in [0.1, 0.15) is 30.7 Å². The summed E-state index contributed by atoms with van der Waals surface area (Å²) in [6.45, 7) is 1.65. The second-order valence-electron chi connectivity index (χ2n) is 7.11. The van der Waals surface area contributed by atoms with Gasteiger partial charge in [-0.15, -0.1) is 0 Å². The standard InChI is InChI=1S/C18H28N4O4S/c1-26-11-15(24)22-7-3-13-16(20-12-19-13)18(22)5-8-21(9-6-18)17(25)14(23)4-10-27-2/h12,14,23H,3-11H2,1-2H3,(H,19,20)/t14-/m1/s1. The molecule has 1 aromatic heterocycles. The number of methoxy groups -OCH3 is 1. The van der Waals surface area contributed by atoms with E-state index >= 15 is 0 Å². The monoisotopic (exact) mass is 396 g/mol. The number of ether oxygens (including phenoxy) is 1. The number of aromatic amines is 1. The first-order chi connectivity index (χ1) is 13.0. The molecule has 0 bridgehead atoms. The van der Waals surface area contributed by atoms with E-state index in [4.69, 9.17) is 4.74 Å². The Kier molecular flexibility index (Phi) is 6.44. The van der Waals surface area contributed by atoms with Gasteiger partial charge in [0, 0.05) is 38.9 Å². The SMILES string of the molecule is COCC(=O)N1CCc2[nH]cnc2C12CCN(C(=O)[C@H](O)CCSC)CC2. The number of thioether (sulfide) groups is 1. The van der Waals surface area contributed by atoms with Crippen molar-refractivity contribution in [1.82, 2.24) is 19.8 Å². The van der Waals surface area contributed by atoms with E-state index in [9.17, 15) is 14.7 Å². The lowest BCUT2D eigenvalue weighted by atomic mass is 9.78. The van der Waals surface area contributed by atoms with Gasteiger partial charge in [-0.3, -0.25) is 9.59 Å². The maximum Gasteiger partial charge on any atom is 0.251 e. The van der Waals surface area contributed by atoms with Crippen molar-refractivity contribution in [3.63, 3.8) is 0 Å². The number of nitrogens with zero attached hydrogens (tertiary/aromatic N) is 3. The van der Waals surface area contributed by atoms with E-state index in [2.05, 4.69) is 9.97 Å². The molecule has 1 spiro atoms. The van der Waals surface area contributed by atoms with E-state index in [1.807, 2.05) is 11.2 Å². The molecule has 0 radical (unpaired) electrons. The number of aliphatic hydroxyl groups is 1. The number of fused-ring (bicyclic) bond motifs is 2. The van der Waals surface area contributed by atoms with Gasteiger partial charge in [-0.05, 0) is 31.3 Å². The lowest BCUT2D eigenvalue weighted by molar-refractivity contribution is -0.150. The van der Waals surface area contributed by atoms with Crippen LogP contribution < -0.4 is 0 Å². The Balaban J connectivity index is 1.76. The summed E-state index contributed by atoms with van der Waals surface area (Å²) in [7, 11) is 1.52. The fourth-order valence-corrected chi connectivity index (χ4v) is 4.67. The van der Waals surface area contributed by atoms with Crippen molar-refractivity contribution in [3.8, 4) is 0 Å². The third kappa shape index (κ3) is 3.86. The summed E-state index contributed by atoms with van der Waals surface area (Å²) < 4.78 is 5.07. The Hall–Kier alpha value is -1.58. The van der Waals surface area contributed by atoms with Gasteiger partial charge >= 0.3 is 0 Å². The number of hydrogen-bond acceptors (Lipinski definition) is 6. The predicted octanol–water partition coefficient (Wildman–Crippen LogP) is 0.373. The van der Waals surface area contributed by atoms with Crippen molar-refractivity contribution < 1.29 is 19.4 Å². The van der Waals surface area contributed by atoms with E-state index in [1.54, 1.807) is 23.0 Å². The van der Waals surface area contributed by atoms with Gasteiger partial charge in [0.2, 0.25) is 5.91 Å². The van der Waals surface area contributed by atoms with Crippen molar-refractivity contribution in [2.24, 2.45) is 0 Å². The molecule has 0 unspecified atom stereocenters. The molecule has 1 atom stereocenters. The fourth-order valence-electron chi connectivity index (χ4n) is 4.21. The molecule has 0 aromatic carbocycles. The van der Waals surface area contributed by atoms with Gasteiger partial charge in [-0.2, -0.15) is 11.8 Å². The second-order valence-corrected chi connectivity index (χ2v) is 8.10. The van der Waals surface area contributed by atoms with E-state index in [0.717, 1.165) is 23.6 Å². The lowest BCUT2D eigenvalue weighted by Gasteiger charge is -2.50. The highest BCUT2D eigenvalue weighted by Gasteiger charge is 2.49. The van der Waals surface area contributed by atoms with Crippen LogP contribution in [0.2, 0.25) is 0 Å². The minimum Gasteiger partial charge on any atom is -0.383 e. The van der Waals surface area contributed by atoms with Crippen LogP contribution in [0.5, 0.6) is 0 Å². The molecule has 150 valence electrons. The zero-order valence-corrected chi connectivity index (χ0v) is 16.8. The quantitative estimate of drug-likeness (QED) is 0.721. The summed E-state index contributed by atoms with van der Waals surface area (Å²) in [5, 5.41) is 10.1. The molecule has 3 rings (SSSR count). The minimum atomic E-state index is -0.954. The molecular weight excluding hydrogens is 368 g/mol. The van der Waals surface area contributed by atoms with Crippen molar-refractivity contribution >= 4 is 23.6 Å². The van der Waals surface area contributed by atoms with Crippen LogP contribution in [0.4, 0.5) is 0 Å². The van der Waals surface area contributed by atoms with Crippen LogP contribution in [-0.4, -0.2) is 88.2 Å². The van der Waals surface area contributed by atoms with E-state index < -0.39 is 11.6 Å². The van der Waals surface area contributed by atoms with E-state index in [1.165, 1.54) is 7.11 Å². The van der Waals surface area contributed by atoms with Crippen LogP contribution in [0.15, 0.2) is 6.33 Å². The number of amides is 2. The normalized spacial score (nSPS) is 19.8. The third-order valence-corrected chi connectivity index (χ3v) is 6.26. The smallest absolute Gasteiger partial charge is 0.251 e.